The molecule has 1 aliphatic rings. The Morgan fingerprint density at radius 1 is 1.29 bits per heavy atom. The SMILES string of the molecule is CC1(c2ccc(F)cc2)CCCNC1. The van der Waals surface area contributed by atoms with Gasteiger partial charge in [0.2, 0.25) is 0 Å². The maximum absolute atomic E-state index is 12.8. The van der Waals surface area contributed by atoms with Gasteiger partial charge in [0, 0.05) is 12.0 Å². The lowest BCUT2D eigenvalue weighted by molar-refractivity contribution is 0.339. The van der Waals surface area contributed by atoms with Gasteiger partial charge in [-0.05, 0) is 37.1 Å². The maximum Gasteiger partial charge on any atom is 0.123 e. The summed E-state index contributed by atoms with van der Waals surface area (Å²) in [6.07, 6.45) is 2.39. The molecule has 0 radical (unpaired) electrons. The van der Waals surface area contributed by atoms with Crippen LogP contribution in [0.2, 0.25) is 0 Å². The van der Waals surface area contributed by atoms with Crippen molar-refractivity contribution in [2.24, 2.45) is 0 Å². The highest BCUT2D eigenvalue weighted by molar-refractivity contribution is 5.26. The van der Waals surface area contributed by atoms with E-state index in [1.54, 1.807) is 12.1 Å². The standard InChI is InChI=1S/C12H16FN/c1-12(7-2-8-14-9-12)10-3-5-11(13)6-4-10/h3-6,14H,2,7-9H2,1H3. The monoisotopic (exact) mass is 193 g/mol. The van der Waals surface area contributed by atoms with Crippen molar-refractivity contribution in [2.75, 3.05) is 13.1 Å². The highest BCUT2D eigenvalue weighted by Crippen LogP contribution is 2.30. The summed E-state index contributed by atoms with van der Waals surface area (Å²) in [5, 5.41) is 3.39. The molecular weight excluding hydrogens is 177 g/mol. The molecule has 1 aliphatic heterocycles. The summed E-state index contributed by atoms with van der Waals surface area (Å²) >= 11 is 0. The van der Waals surface area contributed by atoms with E-state index in [1.807, 2.05) is 12.1 Å². The quantitative estimate of drug-likeness (QED) is 0.722. The minimum atomic E-state index is -0.152. The predicted molar refractivity (Wildman–Crippen MR) is 55.9 cm³/mol. The molecule has 76 valence electrons. The first-order valence-electron chi connectivity index (χ1n) is 5.17. The third kappa shape index (κ3) is 1.80. The average molecular weight is 193 g/mol. The minimum absolute atomic E-state index is 0.152. The fourth-order valence-corrected chi connectivity index (χ4v) is 2.15. The lowest BCUT2D eigenvalue weighted by Crippen LogP contribution is -2.41. The van der Waals surface area contributed by atoms with Crippen molar-refractivity contribution in [1.29, 1.82) is 0 Å². The molecule has 1 aromatic rings. The third-order valence-electron chi connectivity index (χ3n) is 3.14. The molecule has 0 amide bonds. The van der Waals surface area contributed by atoms with Gasteiger partial charge in [-0.15, -0.1) is 0 Å². The van der Waals surface area contributed by atoms with Gasteiger partial charge >= 0.3 is 0 Å². The first kappa shape index (κ1) is 9.66. The first-order chi connectivity index (χ1) is 6.71. The van der Waals surface area contributed by atoms with Crippen molar-refractivity contribution in [3.63, 3.8) is 0 Å². The van der Waals surface area contributed by atoms with Crippen LogP contribution < -0.4 is 5.32 Å². The van der Waals surface area contributed by atoms with E-state index >= 15 is 0 Å². The van der Waals surface area contributed by atoms with Crippen molar-refractivity contribution in [3.8, 4) is 0 Å². The molecule has 1 fully saturated rings. The minimum Gasteiger partial charge on any atom is -0.316 e. The number of hydrogen-bond donors (Lipinski definition) is 1. The molecule has 1 N–H and O–H groups in total. The Morgan fingerprint density at radius 3 is 2.57 bits per heavy atom. The van der Waals surface area contributed by atoms with Gasteiger partial charge in [0.15, 0.2) is 0 Å². The highest BCUT2D eigenvalue weighted by Gasteiger charge is 2.28. The van der Waals surface area contributed by atoms with Crippen LogP contribution in [0, 0.1) is 5.82 Å². The first-order valence-corrected chi connectivity index (χ1v) is 5.17. The fourth-order valence-electron chi connectivity index (χ4n) is 2.15. The van der Waals surface area contributed by atoms with E-state index < -0.39 is 0 Å². The molecule has 2 rings (SSSR count). The van der Waals surface area contributed by atoms with Crippen molar-refractivity contribution in [2.45, 2.75) is 25.2 Å². The molecule has 0 bridgehead atoms. The summed E-state index contributed by atoms with van der Waals surface area (Å²) in [6.45, 7) is 4.35. The van der Waals surface area contributed by atoms with Crippen molar-refractivity contribution >= 4 is 0 Å². The van der Waals surface area contributed by atoms with Gasteiger partial charge in [-0.2, -0.15) is 0 Å². The number of hydrogen-bond acceptors (Lipinski definition) is 1. The van der Waals surface area contributed by atoms with Crippen LogP contribution in [0.4, 0.5) is 4.39 Å². The van der Waals surface area contributed by atoms with E-state index in [0.29, 0.717) is 0 Å². The summed E-state index contributed by atoms with van der Waals surface area (Å²) in [5.74, 6) is -0.152. The molecular formula is C12H16FN. The number of halogens is 1. The second-order valence-electron chi connectivity index (χ2n) is 4.35. The number of piperidine rings is 1. The largest absolute Gasteiger partial charge is 0.316 e. The van der Waals surface area contributed by atoms with Gasteiger partial charge < -0.3 is 5.32 Å². The molecule has 1 saturated heterocycles. The lowest BCUT2D eigenvalue weighted by atomic mass is 9.77. The molecule has 0 saturated carbocycles. The molecule has 1 aromatic carbocycles. The van der Waals surface area contributed by atoms with Gasteiger partial charge in [-0.3, -0.25) is 0 Å². The van der Waals surface area contributed by atoms with E-state index in [4.69, 9.17) is 0 Å². The molecule has 1 nitrogen and oxygen atoms in total. The van der Waals surface area contributed by atoms with Crippen LogP contribution in [-0.4, -0.2) is 13.1 Å². The summed E-state index contributed by atoms with van der Waals surface area (Å²) in [5.41, 5.74) is 1.43. The Kier molecular flexibility index (Phi) is 2.55. The Labute approximate surface area is 84.3 Å². The highest BCUT2D eigenvalue weighted by atomic mass is 19.1. The van der Waals surface area contributed by atoms with Crippen LogP contribution in [0.1, 0.15) is 25.3 Å². The molecule has 2 heteroatoms. The zero-order valence-electron chi connectivity index (χ0n) is 8.52. The van der Waals surface area contributed by atoms with Gasteiger partial charge in [0.1, 0.15) is 5.82 Å². The second-order valence-corrected chi connectivity index (χ2v) is 4.35. The topological polar surface area (TPSA) is 12.0 Å². The average Bonchev–Trinajstić information content (AvgIpc) is 2.19. The van der Waals surface area contributed by atoms with Gasteiger partial charge in [0.25, 0.3) is 0 Å². The molecule has 0 aromatic heterocycles. The number of rotatable bonds is 1. The Balaban J connectivity index is 2.23. The molecule has 14 heavy (non-hydrogen) atoms. The zero-order valence-corrected chi connectivity index (χ0v) is 8.52. The van der Waals surface area contributed by atoms with Gasteiger partial charge in [-0.1, -0.05) is 19.1 Å². The van der Waals surface area contributed by atoms with E-state index in [0.717, 1.165) is 13.1 Å². The van der Waals surface area contributed by atoms with Crippen LogP contribution >= 0.6 is 0 Å². The van der Waals surface area contributed by atoms with E-state index in [-0.39, 0.29) is 11.2 Å². The molecule has 1 atom stereocenters. The summed E-state index contributed by atoms with van der Waals surface area (Å²) in [6, 6.07) is 6.91. The summed E-state index contributed by atoms with van der Waals surface area (Å²) in [7, 11) is 0. The second kappa shape index (κ2) is 3.70. The number of nitrogens with one attached hydrogen (secondary N) is 1. The smallest absolute Gasteiger partial charge is 0.123 e. The van der Waals surface area contributed by atoms with Gasteiger partial charge in [0.05, 0.1) is 0 Å². The Morgan fingerprint density at radius 2 is 2.00 bits per heavy atom. The van der Waals surface area contributed by atoms with Crippen molar-refractivity contribution in [3.05, 3.63) is 35.6 Å². The molecule has 1 heterocycles. The van der Waals surface area contributed by atoms with Crippen LogP contribution in [0.3, 0.4) is 0 Å². The lowest BCUT2D eigenvalue weighted by Gasteiger charge is -2.34. The van der Waals surface area contributed by atoms with Crippen LogP contribution in [0.25, 0.3) is 0 Å². The van der Waals surface area contributed by atoms with E-state index in [1.165, 1.54) is 18.4 Å². The Hall–Kier alpha value is -0.890. The summed E-state index contributed by atoms with van der Waals surface area (Å²) in [4.78, 5) is 0. The molecule has 0 aliphatic carbocycles. The summed E-state index contributed by atoms with van der Waals surface area (Å²) < 4.78 is 12.8. The molecule has 1 unspecified atom stereocenters. The molecule has 0 spiro atoms. The van der Waals surface area contributed by atoms with Crippen molar-refractivity contribution in [1.82, 2.24) is 5.32 Å². The third-order valence-corrected chi connectivity index (χ3v) is 3.14. The van der Waals surface area contributed by atoms with Crippen LogP contribution in [0.15, 0.2) is 24.3 Å². The fraction of sp³-hybridized carbons (Fsp3) is 0.500. The predicted octanol–water partition coefficient (Wildman–Crippen LogP) is 2.47. The van der Waals surface area contributed by atoms with Gasteiger partial charge in [-0.25, -0.2) is 4.39 Å². The van der Waals surface area contributed by atoms with Crippen LogP contribution in [-0.2, 0) is 5.41 Å². The van der Waals surface area contributed by atoms with Crippen molar-refractivity contribution < 1.29 is 4.39 Å². The van der Waals surface area contributed by atoms with Crippen LogP contribution in [0.5, 0.6) is 0 Å². The zero-order chi connectivity index (χ0) is 10.0. The van der Waals surface area contributed by atoms with E-state index in [9.17, 15) is 4.39 Å². The van der Waals surface area contributed by atoms with E-state index in [2.05, 4.69) is 12.2 Å². The number of benzene rings is 1. The normalized spacial score (nSPS) is 27.6. The Bertz CT molecular complexity index is 299. The maximum atomic E-state index is 12.8.